The number of nitrogens with one attached hydrogen (secondary N) is 1. The van der Waals surface area contributed by atoms with Crippen LogP contribution in [-0.2, 0) is 4.79 Å². The molecule has 1 fully saturated rings. The Kier molecular flexibility index (Phi) is 4.35. The zero-order chi connectivity index (χ0) is 16.4. The maximum Gasteiger partial charge on any atom is 0.255 e. The Balaban J connectivity index is 1.88. The smallest absolute Gasteiger partial charge is 0.255 e. The number of para-hydroxylation sites is 2. The second-order valence-electron chi connectivity index (χ2n) is 5.60. The number of benzene rings is 2. The zero-order valence-electron chi connectivity index (χ0n) is 12.8. The summed E-state index contributed by atoms with van der Waals surface area (Å²) in [5.41, 5.74) is 1.84. The van der Waals surface area contributed by atoms with Crippen molar-refractivity contribution >= 4 is 34.8 Å². The molecule has 1 aliphatic carbocycles. The first kappa shape index (κ1) is 15.6. The first-order valence-corrected chi connectivity index (χ1v) is 7.90. The van der Waals surface area contributed by atoms with Crippen LogP contribution in [0.4, 0.5) is 11.4 Å². The highest BCUT2D eigenvalue weighted by atomic mass is 35.5. The standard InChI is InChI=1S/C18H17ClN2O2/c1-12(22)21(15-9-10-15)17-8-3-2-7-16(17)20-18(23)13-5-4-6-14(19)11-13/h2-8,11,15H,9-10H2,1H3,(H,20,23). The monoisotopic (exact) mass is 328 g/mol. The van der Waals surface area contributed by atoms with Crippen molar-refractivity contribution in [2.45, 2.75) is 25.8 Å². The molecule has 0 unspecified atom stereocenters. The predicted octanol–water partition coefficient (Wildman–Crippen LogP) is 4.11. The molecule has 0 heterocycles. The van der Waals surface area contributed by atoms with E-state index in [1.54, 1.807) is 42.2 Å². The molecule has 1 saturated carbocycles. The Bertz CT molecular complexity index is 756. The number of carbonyl (C=O) groups excluding carboxylic acids is 2. The number of amides is 2. The van der Waals surface area contributed by atoms with Crippen molar-refractivity contribution < 1.29 is 9.59 Å². The van der Waals surface area contributed by atoms with Crippen molar-refractivity contribution in [3.63, 3.8) is 0 Å². The van der Waals surface area contributed by atoms with Crippen LogP contribution in [0.5, 0.6) is 0 Å². The summed E-state index contributed by atoms with van der Waals surface area (Å²) < 4.78 is 0. The molecular weight excluding hydrogens is 312 g/mol. The molecule has 5 heteroatoms. The predicted molar refractivity (Wildman–Crippen MR) is 92.0 cm³/mol. The second kappa shape index (κ2) is 6.42. The second-order valence-corrected chi connectivity index (χ2v) is 6.04. The molecule has 0 aromatic heterocycles. The molecule has 118 valence electrons. The van der Waals surface area contributed by atoms with Crippen LogP contribution in [0.15, 0.2) is 48.5 Å². The summed E-state index contributed by atoms with van der Waals surface area (Å²) in [7, 11) is 0. The minimum atomic E-state index is -0.251. The van der Waals surface area contributed by atoms with Crippen LogP contribution in [0, 0.1) is 0 Å². The summed E-state index contributed by atoms with van der Waals surface area (Å²) in [6.45, 7) is 1.55. The number of anilines is 2. The molecular formula is C18H17ClN2O2. The fraction of sp³-hybridized carbons (Fsp3) is 0.222. The third kappa shape index (κ3) is 3.54. The molecule has 0 atom stereocenters. The number of rotatable bonds is 4. The van der Waals surface area contributed by atoms with E-state index in [1.807, 2.05) is 18.2 Å². The van der Waals surface area contributed by atoms with E-state index in [0.717, 1.165) is 18.5 Å². The fourth-order valence-electron chi connectivity index (χ4n) is 2.57. The van der Waals surface area contributed by atoms with Crippen molar-refractivity contribution in [1.29, 1.82) is 0 Å². The zero-order valence-corrected chi connectivity index (χ0v) is 13.5. The molecule has 2 aromatic carbocycles. The number of nitrogens with zero attached hydrogens (tertiary/aromatic N) is 1. The average molecular weight is 329 g/mol. The summed E-state index contributed by atoms with van der Waals surface area (Å²) in [5.74, 6) is -0.267. The van der Waals surface area contributed by atoms with Gasteiger partial charge >= 0.3 is 0 Å². The molecule has 0 aliphatic heterocycles. The van der Waals surface area contributed by atoms with Crippen LogP contribution in [0.3, 0.4) is 0 Å². The number of hydrogen-bond acceptors (Lipinski definition) is 2. The molecule has 4 nitrogen and oxygen atoms in total. The Morgan fingerprint density at radius 3 is 2.52 bits per heavy atom. The first-order valence-electron chi connectivity index (χ1n) is 7.52. The van der Waals surface area contributed by atoms with Gasteiger partial charge in [-0.25, -0.2) is 0 Å². The maximum atomic E-state index is 12.4. The fourth-order valence-corrected chi connectivity index (χ4v) is 2.76. The number of halogens is 1. The van der Waals surface area contributed by atoms with E-state index in [-0.39, 0.29) is 17.9 Å². The van der Waals surface area contributed by atoms with Crippen LogP contribution >= 0.6 is 11.6 Å². The van der Waals surface area contributed by atoms with Crippen molar-refractivity contribution in [2.75, 3.05) is 10.2 Å². The van der Waals surface area contributed by atoms with Gasteiger partial charge in [0.25, 0.3) is 5.91 Å². The third-order valence-electron chi connectivity index (χ3n) is 3.75. The molecule has 0 bridgehead atoms. The molecule has 1 N–H and O–H groups in total. The SMILES string of the molecule is CC(=O)N(c1ccccc1NC(=O)c1cccc(Cl)c1)C1CC1. The third-order valence-corrected chi connectivity index (χ3v) is 3.98. The molecule has 0 radical (unpaired) electrons. The molecule has 2 amide bonds. The van der Waals surface area contributed by atoms with Gasteiger partial charge in [-0.15, -0.1) is 0 Å². The summed E-state index contributed by atoms with van der Waals surface area (Å²) in [6.07, 6.45) is 1.99. The Morgan fingerprint density at radius 2 is 1.87 bits per heavy atom. The van der Waals surface area contributed by atoms with Gasteiger partial charge in [-0.3, -0.25) is 9.59 Å². The quantitative estimate of drug-likeness (QED) is 0.918. The minimum Gasteiger partial charge on any atom is -0.320 e. The highest BCUT2D eigenvalue weighted by molar-refractivity contribution is 6.31. The highest BCUT2D eigenvalue weighted by Crippen LogP contribution is 2.36. The van der Waals surface area contributed by atoms with E-state index in [1.165, 1.54) is 0 Å². The Labute approximate surface area is 140 Å². The van der Waals surface area contributed by atoms with Gasteiger partial charge < -0.3 is 10.2 Å². The van der Waals surface area contributed by atoms with Gasteiger partial charge in [0.2, 0.25) is 5.91 Å². The normalized spacial score (nSPS) is 13.5. The van der Waals surface area contributed by atoms with E-state index in [4.69, 9.17) is 11.6 Å². The van der Waals surface area contributed by atoms with E-state index < -0.39 is 0 Å². The lowest BCUT2D eigenvalue weighted by molar-refractivity contribution is -0.116. The Morgan fingerprint density at radius 1 is 1.13 bits per heavy atom. The summed E-state index contributed by atoms with van der Waals surface area (Å²) in [5, 5.41) is 3.39. The number of carbonyl (C=O) groups is 2. The molecule has 0 spiro atoms. The minimum absolute atomic E-state index is 0.0167. The van der Waals surface area contributed by atoms with Crippen molar-refractivity contribution in [2.24, 2.45) is 0 Å². The molecule has 3 rings (SSSR count). The van der Waals surface area contributed by atoms with Crippen molar-refractivity contribution in [3.8, 4) is 0 Å². The van der Waals surface area contributed by atoms with Crippen molar-refractivity contribution in [3.05, 3.63) is 59.1 Å². The lowest BCUT2D eigenvalue weighted by atomic mass is 10.2. The van der Waals surface area contributed by atoms with Crippen LogP contribution in [0.1, 0.15) is 30.1 Å². The lowest BCUT2D eigenvalue weighted by Gasteiger charge is -2.23. The van der Waals surface area contributed by atoms with Gasteiger partial charge in [0.1, 0.15) is 0 Å². The van der Waals surface area contributed by atoms with Crippen molar-refractivity contribution in [1.82, 2.24) is 0 Å². The maximum absolute atomic E-state index is 12.4. The van der Waals surface area contributed by atoms with E-state index in [0.29, 0.717) is 16.3 Å². The number of hydrogen-bond donors (Lipinski definition) is 1. The lowest BCUT2D eigenvalue weighted by Crippen LogP contribution is -2.31. The average Bonchev–Trinajstić information content (AvgIpc) is 3.33. The van der Waals surface area contributed by atoms with Crippen LogP contribution in [-0.4, -0.2) is 17.9 Å². The van der Waals surface area contributed by atoms with Gasteiger partial charge in [-0.2, -0.15) is 0 Å². The van der Waals surface area contributed by atoms with Gasteiger partial charge in [0.15, 0.2) is 0 Å². The van der Waals surface area contributed by atoms with E-state index >= 15 is 0 Å². The van der Waals surface area contributed by atoms with Crippen LogP contribution < -0.4 is 10.2 Å². The van der Waals surface area contributed by atoms with Crippen LogP contribution in [0.25, 0.3) is 0 Å². The molecule has 2 aromatic rings. The van der Waals surface area contributed by atoms with Gasteiger partial charge in [0.05, 0.1) is 11.4 Å². The van der Waals surface area contributed by atoms with E-state index in [9.17, 15) is 9.59 Å². The molecule has 1 aliphatic rings. The molecule has 23 heavy (non-hydrogen) atoms. The van der Waals surface area contributed by atoms with Gasteiger partial charge in [-0.05, 0) is 43.2 Å². The molecule has 0 saturated heterocycles. The summed E-state index contributed by atoms with van der Waals surface area (Å²) in [4.78, 5) is 26.2. The first-order chi connectivity index (χ1) is 11.1. The Hall–Kier alpha value is -2.33. The highest BCUT2D eigenvalue weighted by Gasteiger charge is 2.33. The summed E-state index contributed by atoms with van der Waals surface area (Å²) >= 11 is 5.93. The van der Waals surface area contributed by atoms with Gasteiger partial charge in [0, 0.05) is 23.6 Å². The topological polar surface area (TPSA) is 49.4 Å². The summed E-state index contributed by atoms with van der Waals surface area (Å²) in [6, 6.07) is 14.4. The van der Waals surface area contributed by atoms with E-state index in [2.05, 4.69) is 5.32 Å². The van der Waals surface area contributed by atoms with Crippen LogP contribution in [0.2, 0.25) is 5.02 Å². The largest absolute Gasteiger partial charge is 0.320 e. The van der Waals surface area contributed by atoms with Gasteiger partial charge in [-0.1, -0.05) is 29.8 Å².